The molecule has 0 heterocycles. The highest BCUT2D eigenvalue weighted by atomic mass is 16.6. The quantitative estimate of drug-likeness (QED) is 0.425. The van der Waals surface area contributed by atoms with Crippen molar-refractivity contribution in [3.8, 4) is 0 Å². The molecule has 0 fully saturated rings. The van der Waals surface area contributed by atoms with Crippen molar-refractivity contribution in [2.45, 2.75) is 39.3 Å². The Morgan fingerprint density at radius 1 is 1.50 bits per heavy atom. The number of hydrazine groups is 1. The molecular weight excluding hydrogens is 184 g/mol. The predicted octanol–water partition coefficient (Wildman–Crippen LogP) is 1.13. The number of nitrogens with zero attached hydrogens (tertiary/aromatic N) is 1. The summed E-state index contributed by atoms with van der Waals surface area (Å²) in [7, 11) is 1.55. The minimum absolute atomic E-state index is 0.199. The van der Waals surface area contributed by atoms with Crippen LogP contribution >= 0.6 is 0 Å². The second-order valence-electron chi connectivity index (χ2n) is 4.19. The summed E-state index contributed by atoms with van der Waals surface area (Å²) in [6.45, 7) is 7.54. The molecule has 0 spiro atoms. The third kappa shape index (κ3) is 5.04. The Morgan fingerprint density at radius 3 is 2.36 bits per heavy atom. The Bertz CT molecular complexity index is 189. The van der Waals surface area contributed by atoms with Crippen LogP contribution in [0.15, 0.2) is 0 Å². The van der Waals surface area contributed by atoms with Gasteiger partial charge >= 0.3 is 6.09 Å². The van der Waals surface area contributed by atoms with Crippen molar-refractivity contribution >= 4 is 6.09 Å². The van der Waals surface area contributed by atoms with Crippen molar-refractivity contribution < 1.29 is 14.3 Å². The van der Waals surface area contributed by atoms with Gasteiger partial charge in [0.1, 0.15) is 5.60 Å². The highest BCUT2D eigenvalue weighted by Gasteiger charge is 2.23. The first-order chi connectivity index (χ1) is 6.28. The van der Waals surface area contributed by atoms with Crippen LogP contribution in [-0.4, -0.2) is 36.5 Å². The molecule has 0 rings (SSSR count). The number of rotatable bonds is 3. The molecule has 0 aliphatic heterocycles. The Kier molecular flexibility index (Phi) is 4.87. The SMILES string of the molecule is COCC(C)N(N)C(=O)OC(C)(C)C. The average molecular weight is 204 g/mol. The van der Waals surface area contributed by atoms with Crippen LogP contribution in [0.3, 0.4) is 0 Å². The molecule has 2 N–H and O–H groups in total. The fraction of sp³-hybridized carbons (Fsp3) is 0.889. The molecule has 5 nitrogen and oxygen atoms in total. The van der Waals surface area contributed by atoms with Gasteiger partial charge in [0, 0.05) is 7.11 Å². The lowest BCUT2D eigenvalue weighted by Crippen LogP contribution is -2.48. The minimum atomic E-state index is -0.540. The van der Waals surface area contributed by atoms with Gasteiger partial charge in [0.15, 0.2) is 0 Å². The van der Waals surface area contributed by atoms with Gasteiger partial charge in [-0.3, -0.25) is 0 Å². The van der Waals surface area contributed by atoms with Crippen LogP contribution in [0.2, 0.25) is 0 Å². The van der Waals surface area contributed by atoms with Gasteiger partial charge in [0.05, 0.1) is 12.6 Å². The van der Waals surface area contributed by atoms with Crippen LogP contribution in [0.5, 0.6) is 0 Å². The molecule has 5 heteroatoms. The fourth-order valence-corrected chi connectivity index (χ4v) is 0.816. The maximum Gasteiger partial charge on any atom is 0.424 e. The number of ether oxygens (including phenoxy) is 2. The number of methoxy groups -OCH3 is 1. The van der Waals surface area contributed by atoms with Crippen molar-refractivity contribution in [2.24, 2.45) is 5.84 Å². The molecule has 0 radical (unpaired) electrons. The maximum absolute atomic E-state index is 11.4. The molecule has 0 saturated heterocycles. The average Bonchev–Trinajstić information content (AvgIpc) is 2.00. The zero-order chi connectivity index (χ0) is 11.4. The van der Waals surface area contributed by atoms with Crippen molar-refractivity contribution in [3.05, 3.63) is 0 Å². The Hall–Kier alpha value is -0.810. The molecule has 84 valence electrons. The second-order valence-corrected chi connectivity index (χ2v) is 4.19. The van der Waals surface area contributed by atoms with Gasteiger partial charge in [-0.15, -0.1) is 0 Å². The van der Waals surface area contributed by atoms with Crippen LogP contribution in [0.4, 0.5) is 4.79 Å². The summed E-state index contributed by atoms with van der Waals surface area (Å²) in [5.74, 6) is 5.53. The van der Waals surface area contributed by atoms with E-state index < -0.39 is 11.7 Å². The lowest BCUT2D eigenvalue weighted by Gasteiger charge is -2.27. The van der Waals surface area contributed by atoms with E-state index in [9.17, 15) is 4.79 Å². The van der Waals surface area contributed by atoms with Crippen molar-refractivity contribution in [3.63, 3.8) is 0 Å². The highest BCUT2D eigenvalue weighted by molar-refractivity contribution is 5.67. The van der Waals surface area contributed by atoms with Gasteiger partial charge in [-0.05, 0) is 27.7 Å². The largest absolute Gasteiger partial charge is 0.443 e. The van der Waals surface area contributed by atoms with Crippen LogP contribution in [-0.2, 0) is 9.47 Å². The first kappa shape index (κ1) is 13.2. The molecule has 0 aromatic rings. The van der Waals surface area contributed by atoms with Crippen LogP contribution in [0, 0.1) is 0 Å². The number of nitrogens with two attached hydrogens (primary N) is 1. The van der Waals surface area contributed by atoms with Crippen molar-refractivity contribution in [2.75, 3.05) is 13.7 Å². The normalized spacial score (nSPS) is 13.6. The number of hydrogen-bond acceptors (Lipinski definition) is 4. The summed E-state index contributed by atoms with van der Waals surface area (Å²) in [6, 6.07) is -0.199. The molecular formula is C9H20N2O3. The zero-order valence-corrected chi connectivity index (χ0v) is 9.53. The predicted molar refractivity (Wildman–Crippen MR) is 53.6 cm³/mol. The lowest BCUT2D eigenvalue weighted by molar-refractivity contribution is 0.00816. The standard InChI is InChI=1S/C9H20N2O3/c1-7(6-13-5)11(10)8(12)14-9(2,3)4/h7H,6,10H2,1-5H3. The second kappa shape index (κ2) is 5.17. The third-order valence-electron chi connectivity index (χ3n) is 1.49. The number of amides is 1. The number of carbonyl (C=O) groups excluding carboxylic acids is 1. The van der Waals surface area contributed by atoms with E-state index in [0.29, 0.717) is 6.61 Å². The number of carbonyl (C=O) groups is 1. The molecule has 0 aliphatic rings. The molecule has 0 aliphatic carbocycles. The molecule has 1 unspecified atom stereocenters. The monoisotopic (exact) mass is 204 g/mol. The van der Waals surface area contributed by atoms with E-state index in [4.69, 9.17) is 15.3 Å². The van der Waals surface area contributed by atoms with E-state index in [1.807, 2.05) is 0 Å². The molecule has 0 aromatic heterocycles. The van der Waals surface area contributed by atoms with Gasteiger partial charge in [-0.25, -0.2) is 15.6 Å². The molecule has 0 aromatic carbocycles. The molecule has 0 bridgehead atoms. The Balaban J connectivity index is 4.12. The van der Waals surface area contributed by atoms with Crippen LogP contribution < -0.4 is 5.84 Å². The summed E-state index contributed by atoms with van der Waals surface area (Å²) in [5.41, 5.74) is -0.526. The number of hydrogen-bond donors (Lipinski definition) is 1. The molecule has 1 amide bonds. The van der Waals surface area contributed by atoms with E-state index in [1.165, 1.54) is 0 Å². The van der Waals surface area contributed by atoms with Crippen molar-refractivity contribution in [1.29, 1.82) is 0 Å². The summed E-state index contributed by atoms with van der Waals surface area (Å²) in [5, 5.41) is 1.04. The van der Waals surface area contributed by atoms with Gasteiger partial charge in [0.25, 0.3) is 0 Å². The summed E-state index contributed by atoms with van der Waals surface area (Å²) < 4.78 is 9.95. The highest BCUT2D eigenvalue weighted by Crippen LogP contribution is 2.09. The first-order valence-corrected chi connectivity index (χ1v) is 4.53. The smallest absolute Gasteiger partial charge is 0.424 e. The van der Waals surface area contributed by atoms with E-state index in [2.05, 4.69) is 0 Å². The van der Waals surface area contributed by atoms with E-state index >= 15 is 0 Å². The van der Waals surface area contributed by atoms with Crippen LogP contribution in [0.25, 0.3) is 0 Å². The molecule has 14 heavy (non-hydrogen) atoms. The topological polar surface area (TPSA) is 64.8 Å². The maximum atomic E-state index is 11.4. The Morgan fingerprint density at radius 2 is 2.00 bits per heavy atom. The van der Waals surface area contributed by atoms with Crippen LogP contribution in [0.1, 0.15) is 27.7 Å². The van der Waals surface area contributed by atoms with E-state index in [0.717, 1.165) is 5.01 Å². The van der Waals surface area contributed by atoms with Gasteiger partial charge < -0.3 is 9.47 Å². The molecule has 0 saturated carbocycles. The fourth-order valence-electron chi connectivity index (χ4n) is 0.816. The lowest BCUT2D eigenvalue weighted by atomic mass is 10.2. The summed E-state index contributed by atoms with van der Waals surface area (Å²) in [6.07, 6.45) is -0.540. The minimum Gasteiger partial charge on any atom is -0.443 e. The van der Waals surface area contributed by atoms with Gasteiger partial charge in [-0.1, -0.05) is 0 Å². The third-order valence-corrected chi connectivity index (χ3v) is 1.49. The summed E-state index contributed by atoms with van der Waals surface area (Å²) in [4.78, 5) is 11.4. The van der Waals surface area contributed by atoms with Gasteiger partial charge in [0.2, 0.25) is 0 Å². The van der Waals surface area contributed by atoms with E-state index in [-0.39, 0.29) is 6.04 Å². The summed E-state index contributed by atoms with van der Waals surface area (Å²) >= 11 is 0. The Labute approximate surface area is 85.1 Å². The first-order valence-electron chi connectivity index (χ1n) is 4.53. The zero-order valence-electron chi connectivity index (χ0n) is 9.53. The van der Waals surface area contributed by atoms with Gasteiger partial charge in [-0.2, -0.15) is 0 Å². The van der Waals surface area contributed by atoms with E-state index in [1.54, 1.807) is 34.8 Å². The molecule has 1 atom stereocenters. The van der Waals surface area contributed by atoms with Crippen molar-refractivity contribution in [1.82, 2.24) is 5.01 Å².